The molecular weight excluding hydrogens is 200 g/mol. The highest BCUT2D eigenvalue weighted by Crippen LogP contribution is 2.08. The summed E-state index contributed by atoms with van der Waals surface area (Å²) in [6.07, 6.45) is 1.77. The topological polar surface area (TPSA) is 74.7 Å². The number of hydrogen-bond acceptors (Lipinski definition) is 5. The number of nitrogens with zero attached hydrogens (tertiary/aromatic N) is 3. The molecule has 1 aromatic rings. The molecule has 78 valence electrons. The molecule has 1 unspecified atom stereocenters. The maximum absolute atomic E-state index is 8.50. The average molecular weight is 214 g/mol. The third-order valence-corrected chi connectivity index (χ3v) is 2.84. The monoisotopic (exact) mass is 214 g/mol. The molecule has 0 radical (unpaired) electrons. The third-order valence-electron chi connectivity index (χ3n) is 2.07. The minimum absolute atomic E-state index is 0.0936. The number of oxime groups is 1. The zero-order valence-electron chi connectivity index (χ0n) is 8.21. The van der Waals surface area contributed by atoms with Gasteiger partial charge in [0.05, 0.1) is 12.6 Å². The zero-order valence-corrected chi connectivity index (χ0v) is 9.03. The van der Waals surface area contributed by atoms with Gasteiger partial charge in [-0.2, -0.15) is 0 Å². The number of amidine groups is 1. The van der Waals surface area contributed by atoms with Crippen LogP contribution in [0, 0.1) is 0 Å². The summed E-state index contributed by atoms with van der Waals surface area (Å²) in [7, 11) is 1.91. The van der Waals surface area contributed by atoms with Gasteiger partial charge in [-0.25, -0.2) is 4.98 Å². The summed E-state index contributed by atoms with van der Waals surface area (Å²) in [6.45, 7) is 2.58. The van der Waals surface area contributed by atoms with Gasteiger partial charge in [-0.15, -0.1) is 11.3 Å². The molecule has 0 aliphatic rings. The van der Waals surface area contributed by atoms with Crippen molar-refractivity contribution < 1.29 is 5.21 Å². The summed E-state index contributed by atoms with van der Waals surface area (Å²) in [5.41, 5.74) is 5.49. The van der Waals surface area contributed by atoms with E-state index in [2.05, 4.69) is 10.1 Å². The van der Waals surface area contributed by atoms with Gasteiger partial charge in [0.15, 0.2) is 5.84 Å². The van der Waals surface area contributed by atoms with Gasteiger partial charge < -0.3 is 10.9 Å². The molecule has 0 fully saturated rings. The summed E-state index contributed by atoms with van der Waals surface area (Å²) < 4.78 is 0. The minimum Gasteiger partial charge on any atom is -0.409 e. The van der Waals surface area contributed by atoms with Gasteiger partial charge >= 0.3 is 0 Å². The van der Waals surface area contributed by atoms with Crippen molar-refractivity contribution in [3.63, 3.8) is 0 Å². The molecular formula is C8H14N4OS. The van der Waals surface area contributed by atoms with Gasteiger partial charge in [-0.3, -0.25) is 4.90 Å². The molecule has 1 atom stereocenters. The molecule has 1 rings (SSSR count). The van der Waals surface area contributed by atoms with E-state index in [9.17, 15) is 0 Å². The highest BCUT2D eigenvalue weighted by molar-refractivity contribution is 7.09. The Kier molecular flexibility index (Phi) is 3.84. The van der Waals surface area contributed by atoms with Crippen LogP contribution in [0.1, 0.15) is 11.9 Å². The lowest BCUT2D eigenvalue weighted by Gasteiger charge is -2.21. The molecule has 0 aliphatic heterocycles. The van der Waals surface area contributed by atoms with Crippen LogP contribution in [0.25, 0.3) is 0 Å². The summed E-state index contributed by atoms with van der Waals surface area (Å²) in [5, 5.41) is 14.4. The molecule has 0 amide bonds. The van der Waals surface area contributed by atoms with Gasteiger partial charge in [-0.05, 0) is 14.0 Å². The summed E-state index contributed by atoms with van der Waals surface area (Å²) >= 11 is 1.59. The number of hydrogen-bond donors (Lipinski definition) is 2. The number of rotatable bonds is 4. The molecule has 0 aromatic carbocycles. The Bertz CT molecular complexity index is 298. The Morgan fingerprint density at radius 2 is 2.57 bits per heavy atom. The molecule has 14 heavy (non-hydrogen) atoms. The number of nitrogens with two attached hydrogens (primary N) is 1. The first kappa shape index (κ1) is 10.9. The zero-order chi connectivity index (χ0) is 10.6. The maximum atomic E-state index is 8.50. The maximum Gasteiger partial charge on any atom is 0.156 e. The van der Waals surface area contributed by atoms with Crippen LogP contribution >= 0.6 is 11.3 Å². The molecule has 0 aliphatic carbocycles. The summed E-state index contributed by atoms with van der Waals surface area (Å²) in [4.78, 5) is 6.12. The smallest absolute Gasteiger partial charge is 0.156 e. The van der Waals surface area contributed by atoms with Gasteiger partial charge in [0, 0.05) is 11.6 Å². The van der Waals surface area contributed by atoms with Crippen molar-refractivity contribution in [3.05, 3.63) is 16.6 Å². The minimum atomic E-state index is -0.0936. The van der Waals surface area contributed by atoms with E-state index in [-0.39, 0.29) is 11.9 Å². The molecule has 0 saturated heterocycles. The van der Waals surface area contributed by atoms with Crippen LogP contribution in [0.4, 0.5) is 0 Å². The van der Waals surface area contributed by atoms with Crippen LogP contribution in [0.3, 0.4) is 0 Å². The molecule has 1 heterocycles. The van der Waals surface area contributed by atoms with Crippen molar-refractivity contribution in [1.29, 1.82) is 0 Å². The Balaban J connectivity index is 2.54. The van der Waals surface area contributed by atoms with Crippen LogP contribution in [-0.4, -0.2) is 34.0 Å². The highest BCUT2D eigenvalue weighted by Gasteiger charge is 2.14. The lowest BCUT2D eigenvalue weighted by molar-refractivity contribution is 0.279. The molecule has 5 nitrogen and oxygen atoms in total. The predicted octanol–water partition coefficient (Wildman–Crippen LogP) is 0.710. The van der Waals surface area contributed by atoms with E-state index < -0.39 is 0 Å². The molecule has 0 spiro atoms. The average Bonchev–Trinajstić information content (AvgIpc) is 2.68. The fourth-order valence-corrected chi connectivity index (χ4v) is 1.67. The number of likely N-dealkylation sites (N-methyl/N-ethyl adjacent to an activating group) is 1. The fraction of sp³-hybridized carbons (Fsp3) is 0.500. The van der Waals surface area contributed by atoms with E-state index in [1.165, 1.54) is 0 Å². The van der Waals surface area contributed by atoms with Crippen molar-refractivity contribution in [3.8, 4) is 0 Å². The summed E-state index contributed by atoms with van der Waals surface area (Å²) in [6, 6.07) is -0.0936. The first-order chi connectivity index (χ1) is 6.65. The molecule has 0 saturated carbocycles. The van der Waals surface area contributed by atoms with Gasteiger partial charge in [0.25, 0.3) is 0 Å². The van der Waals surface area contributed by atoms with Crippen molar-refractivity contribution in [1.82, 2.24) is 9.88 Å². The van der Waals surface area contributed by atoms with Crippen molar-refractivity contribution >= 4 is 17.2 Å². The van der Waals surface area contributed by atoms with Crippen LogP contribution in [0.15, 0.2) is 16.7 Å². The van der Waals surface area contributed by atoms with Crippen LogP contribution in [0.5, 0.6) is 0 Å². The van der Waals surface area contributed by atoms with E-state index in [4.69, 9.17) is 10.9 Å². The van der Waals surface area contributed by atoms with Crippen LogP contribution in [0.2, 0.25) is 0 Å². The second-order valence-corrected chi connectivity index (χ2v) is 4.02. The second kappa shape index (κ2) is 4.92. The third kappa shape index (κ3) is 2.68. The van der Waals surface area contributed by atoms with Crippen molar-refractivity contribution in [2.75, 3.05) is 7.05 Å². The lowest BCUT2D eigenvalue weighted by atomic mass is 10.3. The van der Waals surface area contributed by atoms with Crippen LogP contribution < -0.4 is 5.73 Å². The van der Waals surface area contributed by atoms with E-state index in [1.54, 1.807) is 17.5 Å². The Morgan fingerprint density at radius 1 is 1.86 bits per heavy atom. The van der Waals surface area contributed by atoms with E-state index in [0.717, 1.165) is 5.01 Å². The molecule has 6 heteroatoms. The molecule has 0 bridgehead atoms. The number of thiazole rings is 1. The first-order valence-corrected chi connectivity index (χ1v) is 5.09. The predicted molar refractivity (Wildman–Crippen MR) is 56.5 cm³/mol. The van der Waals surface area contributed by atoms with E-state index in [0.29, 0.717) is 6.54 Å². The van der Waals surface area contributed by atoms with Gasteiger partial charge in [-0.1, -0.05) is 5.16 Å². The van der Waals surface area contributed by atoms with Crippen LogP contribution in [-0.2, 0) is 6.54 Å². The largest absolute Gasteiger partial charge is 0.409 e. The quantitative estimate of drug-likeness (QED) is 0.335. The normalized spacial score (nSPS) is 14.6. The Morgan fingerprint density at radius 3 is 3.07 bits per heavy atom. The Labute approximate surface area is 86.9 Å². The van der Waals surface area contributed by atoms with Gasteiger partial charge in [0.2, 0.25) is 0 Å². The summed E-state index contributed by atoms with van der Waals surface area (Å²) in [5.74, 6) is 0.212. The van der Waals surface area contributed by atoms with E-state index in [1.807, 2.05) is 24.3 Å². The lowest BCUT2D eigenvalue weighted by Crippen LogP contribution is -2.39. The molecule has 3 N–H and O–H groups in total. The van der Waals surface area contributed by atoms with Gasteiger partial charge in [0.1, 0.15) is 5.01 Å². The van der Waals surface area contributed by atoms with Crippen molar-refractivity contribution in [2.24, 2.45) is 10.9 Å². The Hall–Kier alpha value is -1.14. The van der Waals surface area contributed by atoms with E-state index >= 15 is 0 Å². The SMILES string of the molecule is CC(C(N)=NO)N(C)Cc1nccs1. The standard InChI is InChI=1S/C8H14N4OS/c1-6(8(9)11-13)12(2)5-7-10-3-4-14-7/h3-4,6,13H,5H2,1-2H3,(H2,9,11). The fourth-order valence-electron chi connectivity index (χ4n) is 0.991. The second-order valence-electron chi connectivity index (χ2n) is 3.04. The first-order valence-electron chi connectivity index (χ1n) is 4.21. The van der Waals surface area contributed by atoms with Crippen molar-refractivity contribution in [2.45, 2.75) is 19.5 Å². The highest BCUT2D eigenvalue weighted by atomic mass is 32.1. The number of aromatic nitrogens is 1. The molecule has 1 aromatic heterocycles.